The molecule has 1 aromatic heterocycles. The van der Waals surface area contributed by atoms with Crippen LogP contribution in [0.1, 0.15) is 39.9 Å². The quantitative estimate of drug-likeness (QED) is 0.233. The number of rotatable bonds is 6. The van der Waals surface area contributed by atoms with Gasteiger partial charge in [0.1, 0.15) is 17.5 Å². The van der Waals surface area contributed by atoms with Crippen molar-refractivity contribution in [2.45, 2.75) is 36.6 Å². The van der Waals surface area contributed by atoms with Crippen LogP contribution in [0, 0.1) is 30.2 Å². The van der Waals surface area contributed by atoms with Gasteiger partial charge in [0, 0.05) is 28.9 Å². The zero-order valence-electron chi connectivity index (χ0n) is 22.2. The van der Waals surface area contributed by atoms with Crippen LogP contribution in [0.5, 0.6) is 5.75 Å². The number of methoxy groups -OCH3 is 1. The van der Waals surface area contributed by atoms with Gasteiger partial charge in [0.15, 0.2) is 11.6 Å². The van der Waals surface area contributed by atoms with Crippen LogP contribution < -0.4 is 16.0 Å². The second kappa shape index (κ2) is 11.1. The van der Waals surface area contributed by atoms with E-state index in [1.165, 1.54) is 36.8 Å². The number of ether oxygens (including phenoxy) is 1. The highest BCUT2D eigenvalue weighted by molar-refractivity contribution is 7.99. The first-order valence-corrected chi connectivity index (χ1v) is 13.6. The van der Waals surface area contributed by atoms with Crippen LogP contribution in [0.25, 0.3) is 11.1 Å². The highest BCUT2D eigenvalue weighted by atomic mass is 32.2. The molecule has 2 heterocycles. The molecule has 0 fully saturated rings. The van der Waals surface area contributed by atoms with Crippen LogP contribution >= 0.6 is 11.8 Å². The zero-order chi connectivity index (χ0) is 30.5. The molecule has 0 saturated carbocycles. The van der Waals surface area contributed by atoms with Gasteiger partial charge in [-0.05, 0) is 54.4 Å². The SMILES string of the molecule is COc1cccc(-c2c(C)c(Cc3c(F)cccc3C(F)(F)F)c3n(c2=O)[C@@H](C(N)c2cc(F)ccc2F)CS3)c1F. The minimum absolute atomic E-state index is 0.0618. The summed E-state index contributed by atoms with van der Waals surface area (Å²) in [5.41, 5.74) is 3.45. The van der Waals surface area contributed by atoms with E-state index in [1.807, 2.05) is 0 Å². The zero-order valence-corrected chi connectivity index (χ0v) is 23.0. The lowest BCUT2D eigenvalue weighted by molar-refractivity contribution is -0.138. The Labute approximate surface area is 239 Å². The number of nitrogens with two attached hydrogens (primary N) is 1. The van der Waals surface area contributed by atoms with E-state index in [9.17, 15) is 31.1 Å². The summed E-state index contributed by atoms with van der Waals surface area (Å²) in [6, 6.07) is 7.13. The van der Waals surface area contributed by atoms with Gasteiger partial charge in [-0.3, -0.25) is 9.36 Å². The lowest BCUT2D eigenvalue weighted by Crippen LogP contribution is -2.34. The molecule has 1 aliphatic rings. The third-order valence-electron chi connectivity index (χ3n) is 7.42. The Morgan fingerprint density at radius 3 is 2.43 bits per heavy atom. The fraction of sp³-hybridized carbons (Fsp3) is 0.233. The Balaban J connectivity index is 1.80. The molecule has 2 N–H and O–H groups in total. The van der Waals surface area contributed by atoms with Crippen LogP contribution in [0.15, 0.2) is 64.4 Å². The molecule has 0 aliphatic carbocycles. The maximum Gasteiger partial charge on any atom is 0.416 e. The van der Waals surface area contributed by atoms with Crippen molar-refractivity contribution < 1.29 is 35.5 Å². The number of pyridine rings is 1. The number of hydrogen-bond donors (Lipinski definition) is 1. The summed E-state index contributed by atoms with van der Waals surface area (Å²) in [5.74, 6) is -3.70. The fourth-order valence-electron chi connectivity index (χ4n) is 5.34. The van der Waals surface area contributed by atoms with Crippen molar-refractivity contribution >= 4 is 11.8 Å². The Morgan fingerprint density at radius 1 is 1.02 bits per heavy atom. The van der Waals surface area contributed by atoms with Gasteiger partial charge in [-0.15, -0.1) is 11.8 Å². The van der Waals surface area contributed by atoms with E-state index in [0.717, 1.165) is 48.2 Å². The number of alkyl halides is 3. The summed E-state index contributed by atoms with van der Waals surface area (Å²) in [5, 5.41) is 0.179. The molecule has 2 atom stereocenters. The first kappa shape index (κ1) is 29.7. The van der Waals surface area contributed by atoms with Crippen LogP contribution in [0.3, 0.4) is 0 Å². The van der Waals surface area contributed by atoms with Gasteiger partial charge in [-0.1, -0.05) is 18.2 Å². The number of hydrogen-bond acceptors (Lipinski definition) is 4. The van der Waals surface area contributed by atoms with E-state index >= 15 is 4.39 Å². The molecule has 220 valence electrons. The van der Waals surface area contributed by atoms with Crippen molar-refractivity contribution in [2.75, 3.05) is 12.9 Å². The summed E-state index contributed by atoms with van der Waals surface area (Å²) < 4.78 is 107. The van der Waals surface area contributed by atoms with E-state index in [2.05, 4.69) is 0 Å². The Kier molecular flexibility index (Phi) is 7.88. The normalized spacial score (nSPS) is 15.5. The first-order valence-electron chi connectivity index (χ1n) is 12.6. The minimum atomic E-state index is -4.88. The molecule has 0 amide bonds. The smallest absolute Gasteiger partial charge is 0.416 e. The van der Waals surface area contributed by atoms with Crippen molar-refractivity contribution in [3.05, 3.63) is 116 Å². The van der Waals surface area contributed by atoms with Crippen molar-refractivity contribution in [3.8, 4) is 16.9 Å². The number of benzene rings is 3. The van der Waals surface area contributed by atoms with Gasteiger partial charge in [0.05, 0.1) is 35.3 Å². The Bertz CT molecular complexity index is 1750. The third kappa shape index (κ3) is 5.06. The number of aromatic nitrogens is 1. The molecule has 0 bridgehead atoms. The van der Waals surface area contributed by atoms with Crippen LogP contribution in [-0.2, 0) is 12.6 Å². The predicted octanol–water partition coefficient (Wildman–Crippen LogP) is 7.35. The van der Waals surface area contributed by atoms with Gasteiger partial charge >= 0.3 is 6.18 Å². The molecule has 12 heteroatoms. The van der Waals surface area contributed by atoms with Gasteiger partial charge in [0.25, 0.3) is 5.56 Å². The number of thioether (sulfide) groups is 1. The molecule has 0 radical (unpaired) electrons. The maximum absolute atomic E-state index is 15.5. The van der Waals surface area contributed by atoms with Crippen LogP contribution in [0.2, 0.25) is 0 Å². The molecule has 4 nitrogen and oxygen atoms in total. The lowest BCUT2D eigenvalue weighted by atomic mass is 9.91. The van der Waals surface area contributed by atoms with Gasteiger partial charge in [0.2, 0.25) is 0 Å². The molecule has 42 heavy (non-hydrogen) atoms. The third-order valence-corrected chi connectivity index (χ3v) is 8.65. The largest absolute Gasteiger partial charge is 0.494 e. The topological polar surface area (TPSA) is 57.2 Å². The first-order chi connectivity index (χ1) is 19.8. The summed E-state index contributed by atoms with van der Waals surface area (Å²) in [6.07, 6.45) is -5.47. The molecule has 5 rings (SSSR count). The molecular weight excluding hydrogens is 585 g/mol. The summed E-state index contributed by atoms with van der Waals surface area (Å²) in [4.78, 5) is 14.1. The second-order valence-corrected chi connectivity index (χ2v) is 10.8. The molecule has 3 aromatic carbocycles. The van der Waals surface area contributed by atoms with Gasteiger partial charge in [-0.2, -0.15) is 13.2 Å². The van der Waals surface area contributed by atoms with Crippen molar-refractivity contribution in [1.82, 2.24) is 4.57 Å². The van der Waals surface area contributed by atoms with Crippen molar-refractivity contribution in [3.63, 3.8) is 0 Å². The lowest BCUT2D eigenvalue weighted by Gasteiger charge is -2.25. The molecule has 0 saturated heterocycles. The van der Waals surface area contributed by atoms with Gasteiger partial charge in [-0.25, -0.2) is 17.6 Å². The standard InChI is InChI=1S/C30H23F7N2O2S/c1-14-17(12-18-20(30(35,36)37)6-4-7-21(18)32)29-39(28(40)25(14)16-5-3-8-24(41-2)26(16)34)23(13-42-29)27(38)19-11-15(31)9-10-22(19)33/h3-11,23,27H,12-13,38H2,1-2H3/t23-,27?/m1/s1. The average Bonchev–Trinajstić information content (AvgIpc) is 3.38. The minimum Gasteiger partial charge on any atom is -0.494 e. The maximum atomic E-state index is 15.5. The molecule has 4 aromatic rings. The van der Waals surface area contributed by atoms with E-state index < -0.39 is 64.6 Å². The Morgan fingerprint density at radius 2 is 1.74 bits per heavy atom. The molecule has 1 unspecified atom stereocenters. The number of halogens is 7. The van der Waals surface area contributed by atoms with E-state index in [0.29, 0.717) is 0 Å². The van der Waals surface area contributed by atoms with E-state index in [1.54, 1.807) is 0 Å². The van der Waals surface area contributed by atoms with E-state index in [4.69, 9.17) is 10.5 Å². The molecule has 0 spiro atoms. The summed E-state index contributed by atoms with van der Waals surface area (Å²) in [6.45, 7) is 1.44. The average molecular weight is 609 g/mol. The van der Waals surface area contributed by atoms with Crippen molar-refractivity contribution in [2.24, 2.45) is 5.73 Å². The Hall–Kier alpha value is -3.77. The summed E-state index contributed by atoms with van der Waals surface area (Å²) >= 11 is 1.06. The van der Waals surface area contributed by atoms with Crippen molar-refractivity contribution in [1.29, 1.82) is 0 Å². The number of fused-ring (bicyclic) bond motifs is 1. The summed E-state index contributed by atoms with van der Waals surface area (Å²) in [7, 11) is 1.23. The highest BCUT2D eigenvalue weighted by Crippen LogP contribution is 2.45. The van der Waals surface area contributed by atoms with E-state index in [-0.39, 0.29) is 44.3 Å². The molecular formula is C30H23F7N2O2S. The molecule has 1 aliphatic heterocycles. The predicted molar refractivity (Wildman–Crippen MR) is 145 cm³/mol. The van der Waals surface area contributed by atoms with Crippen LogP contribution in [0.4, 0.5) is 30.7 Å². The van der Waals surface area contributed by atoms with Gasteiger partial charge < -0.3 is 10.5 Å². The highest BCUT2D eigenvalue weighted by Gasteiger charge is 2.38. The monoisotopic (exact) mass is 608 g/mol. The second-order valence-electron chi connectivity index (χ2n) is 9.79. The number of nitrogens with zero attached hydrogens (tertiary/aromatic N) is 1. The van der Waals surface area contributed by atoms with Crippen LogP contribution in [-0.4, -0.2) is 17.4 Å². The fourth-order valence-corrected chi connectivity index (χ4v) is 6.78.